The summed E-state index contributed by atoms with van der Waals surface area (Å²) in [5.41, 5.74) is 0.515. The van der Waals surface area contributed by atoms with E-state index in [0.29, 0.717) is 31.4 Å². The number of hydrogen-bond acceptors (Lipinski definition) is 13. The summed E-state index contributed by atoms with van der Waals surface area (Å²) in [6.07, 6.45) is 10.4. The van der Waals surface area contributed by atoms with Crippen LogP contribution in [0.4, 0.5) is 0 Å². The highest BCUT2D eigenvalue weighted by atomic mass is 16.7. The first-order valence-electron chi connectivity index (χ1n) is 21.9. The maximum absolute atomic E-state index is 14.8. The molecule has 17 atom stereocenters. The van der Waals surface area contributed by atoms with Crippen LogP contribution < -0.4 is 0 Å². The van der Waals surface area contributed by atoms with E-state index < -0.39 is 61.1 Å². The largest absolute Gasteiger partial charge is 0.460 e. The maximum Gasteiger partial charge on any atom is 0.325 e. The number of likely N-dealkylation sites (N-methyl/N-ethyl adjacent to an activating group) is 1. The number of allylic oxidation sites excluding steroid dienone is 3. The Morgan fingerprint density at radius 1 is 0.966 bits per heavy atom. The van der Waals surface area contributed by atoms with Gasteiger partial charge in [0, 0.05) is 58.5 Å². The average Bonchev–Trinajstić information content (AvgIpc) is 3.76. The molecule has 4 aliphatic heterocycles. The number of amides is 1. The minimum atomic E-state index is -0.915. The lowest BCUT2D eigenvalue weighted by molar-refractivity contribution is -0.311. The zero-order chi connectivity index (χ0) is 42.7. The van der Waals surface area contributed by atoms with Crippen molar-refractivity contribution < 1.29 is 52.6 Å². The Morgan fingerprint density at radius 3 is 2.37 bits per heavy atom. The lowest BCUT2D eigenvalue weighted by Crippen LogP contribution is -2.59. The van der Waals surface area contributed by atoms with Gasteiger partial charge in [0.25, 0.3) is 0 Å². The molecule has 0 aromatic carbocycles. The Balaban J connectivity index is 1.26. The number of ketones is 1. The molecule has 1 saturated carbocycles. The van der Waals surface area contributed by atoms with E-state index in [4.69, 9.17) is 33.2 Å². The Hall–Kier alpha value is -2.69. The molecule has 14 heteroatoms. The van der Waals surface area contributed by atoms with Crippen LogP contribution in [0.3, 0.4) is 0 Å². The minimum Gasteiger partial charge on any atom is -0.460 e. The number of fused-ring (bicyclic) bond motifs is 5. The topological polar surface area (TPSA) is 146 Å². The lowest BCUT2D eigenvalue weighted by atomic mass is 9.76. The van der Waals surface area contributed by atoms with Gasteiger partial charge in [-0.25, -0.2) is 0 Å². The van der Waals surface area contributed by atoms with Gasteiger partial charge < -0.3 is 53.0 Å². The molecule has 0 aromatic heterocycles. The minimum absolute atomic E-state index is 0.0310. The van der Waals surface area contributed by atoms with Crippen molar-refractivity contribution in [3.8, 4) is 0 Å². The second kappa shape index (κ2) is 20.0. The highest BCUT2D eigenvalue weighted by molar-refractivity contribution is 5.98. The van der Waals surface area contributed by atoms with E-state index in [2.05, 4.69) is 44.1 Å². The van der Waals surface area contributed by atoms with E-state index in [1.807, 2.05) is 37.8 Å². The van der Waals surface area contributed by atoms with Crippen molar-refractivity contribution in [3.63, 3.8) is 0 Å². The number of esters is 1. The van der Waals surface area contributed by atoms with Gasteiger partial charge in [0.1, 0.15) is 31.0 Å². The van der Waals surface area contributed by atoms with Crippen LogP contribution >= 0.6 is 0 Å². The number of ether oxygens (including phenoxy) is 7. The lowest BCUT2D eigenvalue weighted by Gasteiger charge is -2.42. The molecule has 0 bridgehead atoms. The third-order valence-corrected chi connectivity index (χ3v) is 13.9. The van der Waals surface area contributed by atoms with E-state index in [-0.39, 0.29) is 72.6 Å². The van der Waals surface area contributed by atoms with Gasteiger partial charge in [-0.15, -0.1) is 0 Å². The molecule has 2 aliphatic carbocycles. The van der Waals surface area contributed by atoms with Crippen molar-refractivity contribution in [2.45, 2.75) is 153 Å². The second-order valence-corrected chi connectivity index (χ2v) is 18.1. The summed E-state index contributed by atoms with van der Waals surface area (Å²) in [6.45, 7) is 7.69. The number of aliphatic hydroxyl groups excluding tert-OH is 1. The van der Waals surface area contributed by atoms with Crippen LogP contribution in [-0.2, 0) is 47.5 Å². The van der Waals surface area contributed by atoms with E-state index in [9.17, 15) is 19.5 Å². The normalized spacial score (nSPS) is 41.1. The number of hydrogen-bond donors (Lipinski definition) is 1. The third-order valence-electron chi connectivity index (χ3n) is 13.9. The van der Waals surface area contributed by atoms with E-state index in [1.165, 1.54) is 7.11 Å². The van der Waals surface area contributed by atoms with E-state index in [1.54, 1.807) is 26.1 Å². The van der Waals surface area contributed by atoms with Gasteiger partial charge >= 0.3 is 5.97 Å². The monoisotopic (exact) mass is 830 g/mol. The molecular weight excluding hydrogens is 759 g/mol. The predicted octanol–water partition coefficient (Wildman–Crippen LogP) is 4.10. The molecule has 0 radical (unpaired) electrons. The first kappa shape index (κ1) is 45.8. The molecule has 14 nitrogen and oxygen atoms in total. The van der Waals surface area contributed by atoms with E-state index >= 15 is 0 Å². The number of Topliss-reactive ketones (excluding diaryl/α,β-unsaturated/α-hetero) is 1. The van der Waals surface area contributed by atoms with E-state index in [0.717, 1.165) is 19.3 Å². The zero-order valence-electron chi connectivity index (χ0n) is 36.9. The molecule has 1 amide bonds. The van der Waals surface area contributed by atoms with Crippen LogP contribution in [0.2, 0.25) is 0 Å². The number of aliphatic hydroxyl groups is 1. The van der Waals surface area contributed by atoms with Crippen LogP contribution in [0.25, 0.3) is 0 Å². The molecule has 3 saturated heterocycles. The predicted molar refractivity (Wildman–Crippen MR) is 220 cm³/mol. The molecule has 0 spiro atoms. The number of methoxy groups -OCH3 is 2. The van der Waals surface area contributed by atoms with Crippen molar-refractivity contribution in [1.82, 2.24) is 14.7 Å². The Kier molecular flexibility index (Phi) is 15.5. The molecule has 1 N–H and O–H groups in total. The highest BCUT2D eigenvalue weighted by Crippen LogP contribution is 2.50. The number of carbonyl (C=O) groups excluding carboxylic acids is 3. The average molecular weight is 830 g/mol. The standard InChI is InChI=1S/C45H71N3O11/c1-11-13-29(21-38(49)47(7)8)37-15-12-14-36(59-40-19-18-33(46(5)6)26(3)55-40)25(2)41(51)35-23-32-31-22-30(20-28(31)16-17-34(32)48(35)24-39(50)58-37)57-45-44(54-10)42(52)43(53-9)27(4)56-45/h11,13,16-17,23,25-34,36-37,40,42-45,52H,12,14-15,18-22,24H2,1-10H3/b13-11+/t25-,26-,27+,28?,29?,30?,31?,32?,33+,34?,36+,37-,40?,42-,43+,44?,45+/m1/s1. The molecule has 6 rings (SSSR count). The number of nitrogens with zero attached hydrogens (tertiary/aromatic N) is 3. The molecule has 6 aliphatic rings. The third kappa shape index (κ3) is 10.2. The number of rotatable bonds is 11. The zero-order valence-corrected chi connectivity index (χ0v) is 36.9. The summed E-state index contributed by atoms with van der Waals surface area (Å²) < 4.78 is 43.5. The Morgan fingerprint density at radius 2 is 1.71 bits per heavy atom. The van der Waals surface area contributed by atoms with Crippen LogP contribution in [0, 0.1) is 29.6 Å². The summed E-state index contributed by atoms with van der Waals surface area (Å²) >= 11 is 0. The van der Waals surface area contributed by atoms with Gasteiger partial charge in [-0.3, -0.25) is 14.4 Å². The van der Waals surface area contributed by atoms with Gasteiger partial charge in [0.2, 0.25) is 5.91 Å². The summed E-state index contributed by atoms with van der Waals surface area (Å²) in [5.74, 6) is -1.07. The van der Waals surface area contributed by atoms with Crippen molar-refractivity contribution >= 4 is 17.7 Å². The Bertz CT molecular complexity index is 1550. The van der Waals surface area contributed by atoms with Crippen LogP contribution in [0.5, 0.6) is 0 Å². The Labute approximate surface area is 351 Å². The van der Waals surface area contributed by atoms with Gasteiger partial charge in [0.15, 0.2) is 18.4 Å². The fourth-order valence-electron chi connectivity index (χ4n) is 10.7. The van der Waals surface area contributed by atoms with Crippen molar-refractivity contribution in [3.05, 3.63) is 36.1 Å². The molecule has 4 heterocycles. The molecular formula is C45H71N3O11. The molecule has 59 heavy (non-hydrogen) atoms. The van der Waals surface area contributed by atoms with Crippen molar-refractivity contribution in [1.29, 1.82) is 0 Å². The number of cyclic esters (lactones) is 1. The van der Waals surface area contributed by atoms with Gasteiger partial charge in [-0.2, -0.15) is 0 Å². The summed E-state index contributed by atoms with van der Waals surface area (Å²) in [5, 5.41) is 11.0. The second-order valence-electron chi connectivity index (χ2n) is 18.1. The van der Waals surface area contributed by atoms with Gasteiger partial charge in [-0.05, 0) is 91.6 Å². The van der Waals surface area contributed by atoms with Crippen LogP contribution in [0.1, 0.15) is 79.1 Å². The first-order valence-corrected chi connectivity index (χ1v) is 21.9. The smallest absolute Gasteiger partial charge is 0.325 e. The van der Waals surface area contributed by atoms with Crippen LogP contribution in [-0.4, -0.2) is 160 Å². The molecule has 8 unspecified atom stereocenters. The fourth-order valence-corrected chi connectivity index (χ4v) is 10.7. The SMILES string of the molecule is C/C=C/C(CC(=O)N(C)C)[C@H]1CCC[C@H](OC2CC[C@H](N(C)C)[C@@H](C)O2)[C@@H](C)C(=O)C2=CC3C4CC(O[C@@H]5O[C@@H](C)[C@H](OC)[C@@H](O)C5OC)CC4C=CC3N2CC(=O)O1. The maximum atomic E-state index is 14.8. The van der Waals surface area contributed by atoms with Crippen LogP contribution in [0.15, 0.2) is 36.1 Å². The first-order chi connectivity index (χ1) is 28.1. The van der Waals surface area contributed by atoms with Crippen molar-refractivity contribution in [2.75, 3.05) is 49.0 Å². The summed E-state index contributed by atoms with van der Waals surface area (Å²) in [4.78, 5) is 47.6. The van der Waals surface area contributed by atoms with Gasteiger partial charge in [0.05, 0.1) is 36.2 Å². The quantitative estimate of drug-likeness (QED) is 0.236. The van der Waals surface area contributed by atoms with Crippen molar-refractivity contribution in [2.24, 2.45) is 29.6 Å². The molecule has 4 fully saturated rings. The fraction of sp³-hybridized carbons (Fsp3) is 0.800. The highest BCUT2D eigenvalue weighted by Gasteiger charge is 2.52. The number of carbonyl (C=O) groups is 3. The summed E-state index contributed by atoms with van der Waals surface area (Å²) in [7, 11) is 10.7. The molecule has 332 valence electrons. The molecule has 0 aromatic rings. The van der Waals surface area contributed by atoms with Gasteiger partial charge in [-0.1, -0.05) is 37.3 Å². The summed E-state index contributed by atoms with van der Waals surface area (Å²) in [6, 6.07) is 0.0467.